The Bertz CT molecular complexity index is 465. The summed E-state index contributed by atoms with van der Waals surface area (Å²) in [6, 6.07) is 0.356. The number of nitrogens with one attached hydrogen (secondary N) is 2. The van der Waals surface area contributed by atoms with E-state index in [2.05, 4.69) is 10.6 Å². The minimum absolute atomic E-state index is 0.0299. The first-order chi connectivity index (χ1) is 12.1. The summed E-state index contributed by atoms with van der Waals surface area (Å²) in [7, 11) is 1.64. The van der Waals surface area contributed by atoms with E-state index in [0.29, 0.717) is 45.1 Å². The molecule has 0 aromatic rings. The van der Waals surface area contributed by atoms with Crippen LogP contribution in [0.5, 0.6) is 0 Å². The Morgan fingerprint density at radius 1 is 1.00 bits per heavy atom. The van der Waals surface area contributed by atoms with Crippen molar-refractivity contribution in [1.29, 1.82) is 0 Å². The molecule has 0 atom stereocenters. The fraction of sp³-hybridized carbons (Fsp3) is 0.889. The molecule has 0 radical (unpaired) electrons. The number of piperidine rings is 1. The van der Waals surface area contributed by atoms with Crippen molar-refractivity contribution in [2.45, 2.75) is 56.6 Å². The molecule has 3 amide bonds. The fourth-order valence-corrected chi connectivity index (χ4v) is 4.25. The highest BCUT2D eigenvalue weighted by Gasteiger charge is 2.43. The molecule has 2 heterocycles. The maximum Gasteiger partial charge on any atom is 0.317 e. The van der Waals surface area contributed by atoms with Crippen molar-refractivity contribution in [1.82, 2.24) is 20.4 Å². The Morgan fingerprint density at radius 3 is 2.20 bits per heavy atom. The standard InChI is InChI=1S/C18H32N4O3/c1-25-18(7-9-19-10-8-18)16(23)21-11-13-22(14-12-21)17(24)20-15-5-3-2-4-6-15/h15,19H,2-14H2,1H3,(H,20,24). The molecule has 0 aromatic carbocycles. The number of piperazine rings is 1. The molecule has 2 aliphatic heterocycles. The minimum Gasteiger partial charge on any atom is -0.368 e. The number of carbonyl (C=O) groups excluding carboxylic acids is 2. The van der Waals surface area contributed by atoms with Gasteiger partial charge in [-0.15, -0.1) is 0 Å². The molecule has 2 N–H and O–H groups in total. The minimum atomic E-state index is -0.683. The van der Waals surface area contributed by atoms with E-state index in [-0.39, 0.29) is 11.9 Å². The second-order valence-electron chi connectivity index (χ2n) is 7.51. The number of urea groups is 1. The van der Waals surface area contributed by atoms with Gasteiger partial charge in [0.15, 0.2) is 0 Å². The van der Waals surface area contributed by atoms with Gasteiger partial charge in [0.25, 0.3) is 5.91 Å². The summed E-state index contributed by atoms with van der Waals surface area (Å²) in [5.74, 6) is 0.0869. The van der Waals surface area contributed by atoms with Gasteiger partial charge in [-0.3, -0.25) is 4.79 Å². The third-order valence-corrected chi connectivity index (χ3v) is 5.98. The maximum absolute atomic E-state index is 13.0. The summed E-state index contributed by atoms with van der Waals surface area (Å²) >= 11 is 0. The first-order valence-electron chi connectivity index (χ1n) is 9.75. The van der Waals surface area contributed by atoms with Gasteiger partial charge in [0.05, 0.1) is 0 Å². The Balaban J connectivity index is 1.49. The van der Waals surface area contributed by atoms with Crippen LogP contribution in [0.2, 0.25) is 0 Å². The van der Waals surface area contributed by atoms with Crippen LogP contribution in [0.15, 0.2) is 0 Å². The molecular weight excluding hydrogens is 320 g/mol. The van der Waals surface area contributed by atoms with Crippen LogP contribution in [-0.2, 0) is 9.53 Å². The summed E-state index contributed by atoms with van der Waals surface area (Å²) in [5, 5.41) is 6.45. The molecule has 1 aliphatic carbocycles. The predicted octanol–water partition coefficient (Wildman–Crippen LogP) is 0.942. The molecular formula is C18H32N4O3. The van der Waals surface area contributed by atoms with Crippen molar-refractivity contribution in [3.63, 3.8) is 0 Å². The number of hydrogen-bond donors (Lipinski definition) is 2. The smallest absolute Gasteiger partial charge is 0.317 e. The molecule has 0 spiro atoms. The molecule has 3 fully saturated rings. The zero-order chi connectivity index (χ0) is 17.7. The van der Waals surface area contributed by atoms with Crippen molar-refractivity contribution < 1.29 is 14.3 Å². The number of carbonyl (C=O) groups is 2. The number of hydrogen-bond acceptors (Lipinski definition) is 4. The molecule has 7 heteroatoms. The van der Waals surface area contributed by atoms with Gasteiger partial charge in [-0.05, 0) is 38.8 Å². The molecule has 2 saturated heterocycles. The maximum atomic E-state index is 13.0. The van der Waals surface area contributed by atoms with Crippen molar-refractivity contribution >= 4 is 11.9 Å². The molecule has 0 aromatic heterocycles. The Kier molecular flexibility index (Phi) is 6.17. The molecule has 25 heavy (non-hydrogen) atoms. The van der Waals surface area contributed by atoms with Crippen molar-refractivity contribution in [3.8, 4) is 0 Å². The second-order valence-corrected chi connectivity index (χ2v) is 7.51. The van der Waals surface area contributed by atoms with Crippen LogP contribution in [-0.4, -0.2) is 79.8 Å². The molecule has 3 aliphatic rings. The highest BCUT2D eigenvalue weighted by atomic mass is 16.5. The predicted molar refractivity (Wildman–Crippen MR) is 95.4 cm³/mol. The van der Waals surface area contributed by atoms with Crippen LogP contribution in [0, 0.1) is 0 Å². The first kappa shape index (κ1) is 18.5. The Hall–Kier alpha value is -1.34. The summed E-state index contributed by atoms with van der Waals surface area (Å²) in [5.41, 5.74) is -0.683. The van der Waals surface area contributed by atoms with Crippen LogP contribution in [0.1, 0.15) is 44.9 Å². The van der Waals surface area contributed by atoms with Crippen LogP contribution in [0.25, 0.3) is 0 Å². The van der Waals surface area contributed by atoms with Crippen LogP contribution in [0.4, 0.5) is 4.79 Å². The van der Waals surface area contributed by atoms with Gasteiger partial charge in [0, 0.05) is 39.3 Å². The zero-order valence-electron chi connectivity index (χ0n) is 15.4. The van der Waals surface area contributed by atoms with Gasteiger partial charge in [-0.1, -0.05) is 19.3 Å². The summed E-state index contributed by atoms with van der Waals surface area (Å²) in [6.45, 7) is 4.00. The van der Waals surface area contributed by atoms with E-state index >= 15 is 0 Å². The normalized spacial score (nSPS) is 24.8. The largest absolute Gasteiger partial charge is 0.368 e. The highest BCUT2D eigenvalue weighted by Crippen LogP contribution is 2.26. The molecule has 0 unspecified atom stereocenters. The first-order valence-corrected chi connectivity index (χ1v) is 9.75. The average molecular weight is 352 g/mol. The monoisotopic (exact) mass is 352 g/mol. The van der Waals surface area contributed by atoms with Crippen molar-refractivity contribution in [2.24, 2.45) is 0 Å². The van der Waals surface area contributed by atoms with E-state index in [4.69, 9.17) is 4.74 Å². The lowest BCUT2D eigenvalue weighted by molar-refractivity contribution is -0.159. The third kappa shape index (κ3) is 4.26. The Morgan fingerprint density at radius 2 is 1.60 bits per heavy atom. The van der Waals surface area contributed by atoms with E-state index in [1.54, 1.807) is 7.11 Å². The lowest BCUT2D eigenvalue weighted by Gasteiger charge is -2.42. The lowest BCUT2D eigenvalue weighted by atomic mass is 9.90. The summed E-state index contributed by atoms with van der Waals surface area (Å²) in [6.07, 6.45) is 7.31. The summed E-state index contributed by atoms with van der Waals surface area (Å²) in [4.78, 5) is 29.1. The van der Waals surface area contributed by atoms with Gasteiger partial charge < -0.3 is 25.2 Å². The van der Waals surface area contributed by atoms with Crippen LogP contribution in [0.3, 0.4) is 0 Å². The van der Waals surface area contributed by atoms with E-state index < -0.39 is 5.60 Å². The topological polar surface area (TPSA) is 73.9 Å². The van der Waals surface area contributed by atoms with Gasteiger partial charge in [-0.2, -0.15) is 0 Å². The van der Waals surface area contributed by atoms with Gasteiger partial charge >= 0.3 is 6.03 Å². The number of rotatable bonds is 3. The van der Waals surface area contributed by atoms with Gasteiger partial charge in [-0.25, -0.2) is 4.79 Å². The van der Waals surface area contributed by atoms with Crippen molar-refractivity contribution in [2.75, 3.05) is 46.4 Å². The quantitative estimate of drug-likeness (QED) is 0.793. The van der Waals surface area contributed by atoms with Gasteiger partial charge in [0.2, 0.25) is 0 Å². The van der Waals surface area contributed by atoms with Crippen LogP contribution < -0.4 is 10.6 Å². The molecule has 0 bridgehead atoms. The second kappa shape index (κ2) is 8.36. The van der Waals surface area contributed by atoms with Crippen LogP contribution >= 0.6 is 0 Å². The molecule has 3 rings (SSSR count). The summed E-state index contributed by atoms with van der Waals surface area (Å²) < 4.78 is 5.64. The SMILES string of the molecule is COC1(C(=O)N2CCN(C(=O)NC3CCCCC3)CC2)CCNCC1. The highest BCUT2D eigenvalue weighted by molar-refractivity contribution is 5.86. The van der Waals surface area contributed by atoms with E-state index in [0.717, 1.165) is 25.9 Å². The van der Waals surface area contributed by atoms with E-state index in [9.17, 15) is 9.59 Å². The zero-order valence-corrected chi connectivity index (χ0v) is 15.4. The fourth-order valence-electron chi connectivity index (χ4n) is 4.25. The number of amides is 3. The molecule has 1 saturated carbocycles. The number of methoxy groups -OCH3 is 1. The number of ether oxygens (including phenoxy) is 1. The van der Waals surface area contributed by atoms with Crippen molar-refractivity contribution in [3.05, 3.63) is 0 Å². The molecule has 7 nitrogen and oxygen atoms in total. The van der Waals surface area contributed by atoms with E-state index in [1.165, 1.54) is 19.3 Å². The van der Waals surface area contributed by atoms with E-state index in [1.807, 2.05) is 9.80 Å². The third-order valence-electron chi connectivity index (χ3n) is 5.98. The Labute approximate surface area is 150 Å². The molecule has 142 valence electrons. The average Bonchev–Trinajstić information content (AvgIpc) is 2.69. The van der Waals surface area contributed by atoms with Gasteiger partial charge in [0.1, 0.15) is 5.60 Å². The lowest BCUT2D eigenvalue weighted by Crippen LogP contribution is -2.60. The number of nitrogens with zero attached hydrogens (tertiary/aromatic N) is 2.